The van der Waals surface area contributed by atoms with Crippen LogP contribution in [-0.4, -0.2) is 30.1 Å². The van der Waals surface area contributed by atoms with E-state index in [1.807, 2.05) is 30.3 Å². The Morgan fingerprint density at radius 1 is 1.32 bits per heavy atom. The highest BCUT2D eigenvalue weighted by molar-refractivity contribution is 5.94. The number of aromatic nitrogens is 1. The summed E-state index contributed by atoms with van der Waals surface area (Å²) in [6.45, 7) is 1.36. The second-order valence-electron chi connectivity index (χ2n) is 4.73. The molecule has 1 atom stereocenters. The number of carbonyl (C=O) groups is 1. The Hall–Kier alpha value is -1.94. The lowest BCUT2D eigenvalue weighted by molar-refractivity contribution is 0.0854. The minimum absolute atomic E-state index is 0.138. The molecule has 4 nitrogen and oxygen atoms in total. The van der Waals surface area contributed by atoms with E-state index in [-0.39, 0.29) is 12.0 Å². The zero-order chi connectivity index (χ0) is 13.1. The van der Waals surface area contributed by atoms with Gasteiger partial charge in [0.05, 0.1) is 11.6 Å². The van der Waals surface area contributed by atoms with Crippen LogP contribution in [0.2, 0.25) is 0 Å². The number of benzene rings is 1. The molecule has 0 saturated carbocycles. The Bertz CT molecular complexity index is 591. The van der Waals surface area contributed by atoms with Gasteiger partial charge in [0.25, 0.3) is 5.91 Å². The van der Waals surface area contributed by atoms with E-state index in [4.69, 9.17) is 4.74 Å². The van der Waals surface area contributed by atoms with Crippen molar-refractivity contribution in [3.63, 3.8) is 0 Å². The van der Waals surface area contributed by atoms with Gasteiger partial charge in [-0.25, -0.2) is 4.98 Å². The van der Waals surface area contributed by atoms with Gasteiger partial charge >= 0.3 is 0 Å². The Labute approximate surface area is 111 Å². The number of amides is 1. The lowest BCUT2D eigenvalue weighted by Crippen LogP contribution is -2.32. The number of pyridine rings is 1. The lowest BCUT2D eigenvalue weighted by atomic mass is 10.2. The van der Waals surface area contributed by atoms with E-state index in [2.05, 4.69) is 10.3 Å². The number of para-hydroxylation sites is 1. The highest BCUT2D eigenvalue weighted by Crippen LogP contribution is 2.13. The first-order valence-electron chi connectivity index (χ1n) is 6.58. The first kappa shape index (κ1) is 12.1. The fourth-order valence-corrected chi connectivity index (χ4v) is 2.29. The number of hydrogen-bond donors (Lipinski definition) is 1. The summed E-state index contributed by atoms with van der Waals surface area (Å²) in [6, 6.07) is 11.4. The van der Waals surface area contributed by atoms with Crippen LogP contribution < -0.4 is 5.32 Å². The molecule has 1 amide bonds. The summed E-state index contributed by atoms with van der Waals surface area (Å²) in [6.07, 6.45) is 2.25. The van der Waals surface area contributed by atoms with Gasteiger partial charge in [0, 0.05) is 18.5 Å². The normalized spacial score (nSPS) is 18.6. The molecule has 19 heavy (non-hydrogen) atoms. The third-order valence-corrected chi connectivity index (χ3v) is 3.35. The Kier molecular flexibility index (Phi) is 3.42. The Morgan fingerprint density at radius 3 is 3.05 bits per heavy atom. The third-order valence-electron chi connectivity index (χ3n) is 3.35. The Balaban J connectivity index is 1.70. The number of carbonyl (C=O) groups excluding carboxylic acids is 1. The summed E-state index contributed by atoms with van der Waals surface area (Å²) < 4.78 is 5.47. The van der Waals surface area contributed by atoms with E-state index in [0.29, 0.717) is 12.2 Å². The summed E-state index contributed by atoms with van der Waals surface area (Å²) >= 11 is 0. The number of nitrogens with zero attached hydrogens (tertiary/aromatic N) is 1. The van der Waals surface area contributed by atoms with Crippen LogP contribution in [0.1, 0.15) is 23.3 Å². The SMILES string of the molecule is O=C(NC[C@H]1CCCO1)c1ccc2ccccc2n1. The monoisotopic (exact) mass is 256 g/mol. The molecular formula is C15H16N2O2. The molecule has 1 fully saturated rings. The van der Waals surface area contributed by atoms with Crippen molar-refractivity contribution in [1.82, 2.24) is 10.3 Å². The molecule has 0 aliphatic carbocycles. The molecule has 0 radical (unpaired) electrons. The molecular weight excluding hydrogens is 240 g/mol. The average Bonchev–Trinajstić information content (AvgIpc) is 2.97. The van der Waals surface area contributed by atoms with E-state index in [0.717, 1.165) is 30.4 Å². The summed E-state index contributed by atoms with van der Waals surface area (Å²) in [7, 11) is 0. The van der Waals surface area contributed by atoms with E-state index in [1.165, 1.54) is 0 Å². The van der Waals surface area contributed by atoms with Crippen LogP contribution in [-0.2, 0) is 4.74 Å². The van der Waals surface area contributed by atoms with Gasteiger partial charge < -0.3 is 10.1 Å². The molecule has 2 aromatic rings. The zero-order valence-corrected chi connectivity index (χ0v) is 10.6. The maximum atomic E-state index is 12.0. The van der Waals surface area contributed by atoms with E-state index < -0.39 is 0 Å². The number of ether oxygens (including phenoxy) is 1. The van der Waals surface area contributed by atoms with Crippen molar-refractivity contribution < 1.29 is 9.53 Å². The number of hydrogen-bond acceptors (Lipinski definition) is 3. The molecule has 4 heteroatoms. The maximum absolute atomic E-state index is 12.0. The predicted octanol–water partition coefficient (Wildman–Crippen LogP) is 2.14. The van der Waals surface area contributed by atoms with Crippen molar-refractivity contribution >= 4 is 16.8 Å². The fourth-order valence-electron chi connectivity index (χ4n) is 2.29. The van der Waals surface area contributed by atoms with Crippen molar-refractivity contribution in [3.05, 3.63) is 42.1 Å². The summed E-state index contributed by atoms with van der Waals surface area (Å²) in [5.41, 5.74) is 1.30. The molecule has 1 aromatic carbocycles. The fraction of sp³-hybridized carbons (Fsp3) is 0.333. The highest BCUT2D eigenvalue weighted by atomic mass is 16.5. The van der Waals surface area contributed by atoms with Crippen LogP contribution >= 0.6 is 0 Å². The molecule has 1 aliphatic heterocycles. The number of fused-ring (bicyclic) bond motifs is 1. The average molecular weight is 256 g/mol. The van der Waals surface area contributed by atoms with Gasteiger partial charge in [0.2, 0.25) is 0 Å². The van der Waals surface area contributed by atoms with Gasteiger partial charge in [-0.05, 0) is 25.0 Å². The van der Waals surface area contributed by atoms with Crippen LogP contribution in [0.15, 0.2) is 36.4 Å². The maximum Gasteiger partial charge on any atom is 0.269 e. The molecule has 1 N–H and O–H groups in total. The van der Waals surface area contributed by atoms with Crippen LogP contribution in [0, 0.1) is 0 Å². The first-order chi connectivity index (χ1) is 9.33. The zero-order valence-electron chi connectivity index (χ0n) is 10.6. The van der Waals surface area contributed by atoms with Crippen LogP contribution in [0.5, 0.6) is 0 Å². The molecule has 0 unspecified atom stereocenters. The first-order valence-corrected chi connectivity index (χ1v) is 6.58. The highest BCUT2D eigenvalue weighted by Gasteiger charge is 2.17. The minimum Gasteiger partial charge on any atom is -0.376 e. The van der Waals surface area contributed by atoms with Crippen molar-refractivity contribution in [2.24, 2.45) is 0 Å². The van der Waals surface area contributed by atoms with Crippen molar-refractivity contribution in [2.75, 3.05) is 13.2 Å². The van der Waals surface area contributed by atoms with Gasteiger partial charge in [-0.2, -0.15) is 0 Å². The van der Waals surface area contributed by atoms with E-state index in [9.17, 15) is 4.79 Å². The summed E-state index contributed by atoms with van der Waals surface area (Å²) in [5, 5.41) is 3.92. The predicted molar refractivity (Wildman–Crippen MR) is 73.1 cm³/mol. The summed E-state index contributed by atoms with van der Waals surface area (Å²) in [5.74, 6) is -0.138. The van der Waals surface area contributed by atoms with Gasteiger partial charge in [-0.3, -0.25) is 4.79 Å². The minimum atomic E-state index is -0.138. The second-order valence-corrected chi connectivity index (χ2v) is 4.73. The molecule has 3 rings (SSSR count). The van der Waals surface area contributed by atoms with Gasteiger partial charge in [-0.1, -0.05) is 24.3 Å². The van der Waals surface area contributed by atoms with Crippen molar-refractivity contribution in [2.45, 2.75) is 18.9 Å². The summed E-state index contributed by atoms with van der Waals surface area (Å²) in [4.78, 5) is 16.4. The van der Waals surface area contributed by atoms with Crippen LogP contribution in [0.3, 0.4) is 0 Å². The lowest BCUT2D eigenvalue weighted by Gasteiger charge is -2.10. The van der Waals surface area contributed by atoms with Gasteiger partial charge in [-0.15, -0.1) is 0 Å². The van der Waals surface area contributed by atoms with Gasteiger partial charge in [0.15, 0.2) is 0 Å². The number of nitrogens with one attached hydrogen (secondary N) is 1. The smallest absolute Gasteiger partial charge is 0.269 e. The van der Waals surface area contributed by atoms with Crippen LogP contribution in [0.25, 0.3) is 10.9 Å². The van der Waals surface area contributed by atoms with Crippen molar-refractivity contribution in [1.29, 1.82) is 0 Å². The molecule has 1 aromatic heterocycles. The molecule has 98 valence electrons. The van der Waals surface area contributed by atoms with E-state index >= 15 is 0 Å². The molecule has 2 heterocycles. The van der Waals surface area contributed by atoms with E-state index in [1.54, 1.807) is 6.07 Å². The Morgan fingerprint density at radius 2 is 2.21 bits per heavy atom. The molecule has 1 saturated heterocycles. The topological polar surface area (TPSA) is 51.2 Å². The quantitative estimate of drug-likeness (QED) is 0.915. The number of rotatable bonds is 3. The third kappa shape index (κ3) is 2.74. The molecule has 0 spiro atoms. The van der Waals surface area contributed by atoms with Crippen LogP contribution in [0.4, 0.5) is 0 Å². The standard InChI is InChI=1S/C15H16N2O2/c18-15(16-10-12-5-3-9-19-12)14-8-7-11-4-1-2-6-13(11)17-14/h1-2,4,6-8,12H,3,5,9-10H2,(H,16,18)/t12-/m1/s1. The van der Waals surface area contributed by atoms with Crippen molar-refractivity contribution in [3.8, 4) is 0 Å². The second kappa shape index (κ2) is 5.36. The molecule has 1 aliphatic rings. The largest absolute Gasteiger partial charge is 0.376 e. The van der Waals surface area contributed by atoms with Gasteiger partial charge in [0.1, 0.15) is 5.69 Å². The molecule has 0 bridgehead atoms.